The van der Waals surface area contributed by atoms with Crippen LogP contribution in [0.4, 0.5) is 5.69 Å². The summed E-state index contributed by atoms with van der Waals surface area (Å²) >= 11 is 7.45. The van der Waals surface area contributed by atoms with E-state index < -0.39 is 0 Å². The Labute approximate surface area is 186 Å². The van der Waals surface area contributed by atoms with Crippen molar-refractivity contribution in [2.45, 2.75) is 6.54 Å². The molecular weight excluding hydrogens is 438 g/mol. The van der Waals surface area contributed by atoms with Crippen molar-refractivity contribution in [1.82, 2.24) is 9.55 Å². The molecule has 4 aromatic rings. The Bertz CT molecular complexity index is 1330. The van der Waals surface area contributed by atoms with Gasteiger partial charge >= 0.3 is 0 Å². The maximum Gasteiger partial charge on any atom is 0.263 e. The molecule has 9 heteroatoms. The number of fused-ring (bicyclic) bond motifs is 1. The molecule has 2 aromatic carbocycles. The van der Waals surface area contributed by atoms with E-state index in [2.05, 4.69) is 10.3 Å². The summed E-state index contributed by atoms with van der Waals surface area (Å²) in [5.74, 6) is 0.777. The van der Waals surface area contributed by atoms with Crippen molar-refractivity contribution in [2.24, 2.45) is 0 Å². The van der Waals surface area contributed by atoms with Crippen molar-refractivity contribution in [3.8, 4) is 22.6 Å². The molecule has 0 saturated carbocycles. The van der Waals surface area contributed by atoms with E-state index in [1.54, 1.807) is 50.6 Å². The van der Waals surface area contributed by atoms with Gasteiger partial charge in [0.2, 0.25) is 5.91 Å². The molecule has 0 fully saturated rings. The summed E-state index contributed by atoms with van der Waals surface area (Å²) in [6.45, 7) is -0.186. The number of ether oxygens (including phenoxy) is 2. The Hall–Kier alpha value is -3.36. The molecule has 158 valence electrons. The molecule has 2 aromatic heterocycles. The second kappa shape index (κ2) is 8.79. The lowest BCUT2D eigenvalue weighted by molar-refractivity contribution is -0.116. The summed E-state index contributed by atoms with van der Waals surface area (Å²) in [6, 6.07) is 12.3. The van der Waals surface area contributed by atoms with E-state index in [4.69, 9.17) is 21.1 Å². The van der Waals surface area contributed by atoms with Crippen LogP contribution in [0.15, 0.2) is 59.0 Å². The number of para-hydroxylation sites is 1. The van der Waals surface area contributed by atoms with Crippen LogP contribution in [0, 0.1) is 0 Å². The molecule has 1 amide bonds. The maximum absolute atomic E-state index is 13.2. The molecule has 4 rings (SSSR count). The average Bonchev–Trinajstić information content (AvgIpc) is 3.21. The number of anilines is 1. The highest BCUT2D eigenvalue weighted by molar-refractivity contribution is 7.17. The van der Waals surface area contributed by atoms with Gasteiger partial charge in [-0.3, -0.25) is 14.2 Å². The monoisotopic (exact) mass is 455 g/mol. The van der Waals surface area contributed by atoms with E-state index in [9.17, 15) is 9.59 Å². The average molecular weight is 456 g/mol. The Kier molecular flexibility index (Phi) is 5.92. The zero-order valence-electron chi connectivity index (χ0n) is 16.7. The molecule has 0 spiro atoms. The minimum atomic E-state index is -0.376. The standard InChI is InChI=1S/C22H18ClN3O4S/c1-29-17-8-7-13(9-18(17)30-2)14-11-31-21-20(14)22(28)26(12-24-21)10-19(27)25-16-6-4-3-5-15(16)23/h3-9,11-12H,10H2,1-2H3,(H,25,27). The van der Waals surface area contributed by atoms with Crippen molar-refractivity contribution in [2.75, 3.05) is 19.5 Å². The second-order valence-electron chi connectivity index (χ2n) is 6.60. The topological polar surface area (TPSA) is 82.5 Å². The Morgan fingerprint density at radius 1 is 1.16 bits per heavy atom. The third-order valence-corrected chi connectivity index (χ3v) is 5.93. The minimum absolute atomic E-state index is 0.186. The number of carbonyl (C=O) groups excluding carboxylic acids is 1. The van der Waals surface area contributed by atoms with Crippen LogP contribution in [0.2, 0.25) is 5.02 Å². The lowest BCUT2D eigenvalue weighted by Gasteiger charge is -2.10. The quantitative estimate of drug-likeness (QED) is 0.465. The second-order valence-corrected chi connectivity index (χ2v) is 7.87. The van der Waals surface area contributed by atoms with Gasteiger partial charge in [-0.25, -0.2) is 4.98 Å². The molecule has 2 heterocycles. The molecule has 0 aliphatic rings. The van der Waals surface area contributed by atoms with Gasteiger partial charge in [0, 0.05) is 10.9 Å². The molecular formula is C22H18ClN3O4S. The first-order valence-electron chi connectivity index (χ1n) is 9.25. The lowest BCUT2D eigenvalue weighted by Crippen LogP contribution is -2.27. The number of benzene rings is 2. The van der Waals surface area contributed by atoms with E-state index in [0.717, 1.165) is 11.1 Å². The van der Waals surface area contributed by atoms with Crippen molar-refractivity contribution in [1.29, 1.82) is 0 Å². The first-order valence-corrected chi connectivity index (χ1v) is 10.5. The summed E-state index contributed by atoms with van der Waals surface area (Å²) in [6.07, 6.45) is 1.38. The van der Waals surface area contributed by atoms with Gasteiger partial charge in [-0.15, -0.1) is 11.3 Å². The fraction of sp³-hybridized carbons (Fsp3) is 0.136. The number of thiophene rings is 1. The predicted molar refractivity (Wildman–Crippen MR) is 123 cm³/mol. The van der Waals surface area contributed by atoms with Crippen LogP contribution >= 0.6 is 22.9 Å². The van der Waals surface area contributed by atoms with Gasteiger partial charge in [-0.05, 0) is 29.8 Å². The van der Waals surface area contributed by atoms with E-state index in [0.29, 0.717) is 32.4 Å². The van der Waals surface area contributed by atoms with Gasteiger partial charge in [0.1, 0.15) is 11.4 Å². The SMILES string of the molecule is COc1ccc(-c2csc3ncn(CC(=O)Nc4ccccc4Cl)c(=O)c23)cc1OC. The number of amides is 1. The first kappa shape index (κ1) is 20.9. The molecule has 0 unspecified atom stereocenters. The number of aromatic nitrogens is 2. The van der Waals surface area contributed by atoms with Crippen LogP contribution in [0.1, 0.15) is 0 Å². The zero-order chi connectivity index (χ0) is 22.0. The molecule has 1 N–H and O–H groups in total. The van der Waals surface area contributed by atoms with E-state index in [-0.39, 0.29) is 18.0 Å². The van der Waals surface area contributed by atoms with Crippen LogP contribution in [0.25, 0.3) is 21.3 Å². The number of methoxy groups -OCH3 is 2. The van der Waals surface area contributed by atoms with Crippen molar-refractivity contribution >= 4 is 44.7 Å². The van der Waals surface area contributed by atoms with E-state index in [1.807, 2.05) is 11.4 Å². The number of nitrogens with zero attached hydrogens (tertiary/aromatic N) is 2. The number of rotatable bonds is 6. The van der Waals surface area contributed by atoms with E-state index in [1.165, 1.54) is 22.2 Å². The fourth-order valence-electron chi connectivity index (χ4n) is 3.20. The molecule has 0 atom stereocenters. The van der Waals surface area contributed by atoms with Crippen molar-refractivity contribution < 1.29 is 14.3 Å². The van der Waals surface area contributed by atoms with Crippen LogP contribution in [-0.2, 0) is 11.3 Å². The number of carbonyl (C=O) groups is 1. The summed E-state index contributed by atoms with van der Waals surface area (Å²) in [5.41, 5.74) is 1.70. The number of hydrogen-bond acceptors (Lipinski definition) is 6. The van der Waals surface area contributed by atoms with Gasteiger partial charge in [-0.2, -0.15) is 0 Å². The van der Waals surface area contributed by atoms with Gasteiger partial charge in [0.15, 0.2) is 11.5 Å². The zero-order valence-corrected chi connectivity index (χ0v) is 18.3. The first-order chi connectivity index (χ1) is 15.0. The highest BCUT2D eigenvalue weighted by Crippen LogP contribution is 2.36. The Balaban J connectivity index is 1.69. The smallest absolute Gasteiger partial charge is 0.263 e. The molecule has 0 bridgehead atoms. The summed E-state index contributed by atoms with van der Waals surface area (Å²) in [5, 5.41) is 5.46. The van der Waals surface area contributed by atoms with E-state index >= 15 is 0 Å². The van der Waals surface area contributed by atoms with Crippen LogP contribution in [-0.4, -0.2) is 29.7 Å². The number of nitrogens with one attached hydrogen (secondary N) is 1. The highest BCUT2D eigenvalue weighted by Gasteiger charge is 2.16. The molecule has 31 heavy (non-hydrogen) atoms. The van der Waals surface area contributed by atoms with Crippen LogP contribution in [0.3, 0.4) is 0 Å². The molecule has 0 saturated heterocycles. The largest absolute Gasteiger partial charge is 0.493 e. The third-order valence-electron chi connectivity index (χ3n) is 4.72. The third kappa shape index (κ3) is 4.12. The summed E-state index contributed by atoms with van der Waals surface area (Å²) in [7, 11) is 3.12. The fourth-order valence-corrected chi connectivity index (χ4v) is 4.29. The van der Waals surface area contributed by atoms with Crippen LogP contribution < -0.4 is 20.3 Å². The minimum Gasteiger partial charge on any atom is -0.493 e. The summed E-state index contributed by atoms with van der Waals surface area (Å²) < 4.78 is 11.9. The summed E-state index contributed by atoms with van der Waals surface area (Å²) in [4.78, 5) is 30.6. The Morgan fingerprint density at radius 2 is 1.94 bits per heavy atom. The predicted octanol–water partition coefficient (Wildman–Crippen LogP) is 4.43. The van der Waals surface area contributed by atoms with Gasteiger partial charge in [0.25, 0.3) is 5.56 Å². The molecule has 0 radical (unpaired) electrons. The Morgan fingerprint density at radius 3 is 2.68 bits per heavy atom. The van der Waals surface area contributed by atoms with Gasteiger partial charge in [0.05, 0.1) is 36.6 Å². The lowest BCUT2D eigenvalue weighted by atomic mass is 10.1. The van der Waals surface area contributed by atoms with Crippen molar-refractivity contribution in [3.63, 3.8) is 0 Å². The normalized spacial score (nSPS) is 10.8. The molecule has 0 aliphatic heterocycles. The van der Waals surface area contributed by atoms with Crippen LogP contribution in [0.5, 0.6) is 11.5 Å². The maximum atomic E-state index is 13.2. The van der Waals surface area contributed by atoms with Crippen molar-refractivity contribution in [3.05, 3.63) is 69.5 Å². The molecule has 0 aliphatic carbocycles. The molecule has 7 nitrogen and oxygen atoms in total. The van der Waals surface area contributed by atoms with Gasteiger partial charge in [-0.1, -0.05) is 29.8 Å². The highest BCUT2D eigenvalue weighted by atomic mass is 35.5. The van der Waals surface area contributed by atoms with Gasteiger partial charge < -0.3 is 14.8 Å². The number of halogens is 1. The number of hydrogen-bond donors (Lipinski definition) is 1.